The minimum absolute atomic E-state index is 0.0931. The third kappa shape index (κ3) is 4.97. The average molecular weight is 456 g/mol. The molecule has 0 spiro atoms. The Hall–Kier alpha value is -4.70. The average Bonchev–Trinajstić information content (AvgIpc) is 3.29. The molecule has 0 bridgehead atoms. The van der Waals surface area contributed by atoms with Gasteiger partial charge in [-0.1, -0.05) is 78.9 Å². The Morgan fingerprint density at radius 1 is 0.743 bits per heavy atom. The summed E-state index contributed by atoms with van der Waals surface area (Å²) in [7, 11) is 0. The number of para-hydroxylation sites is 1. The number of carbonyl (C=O) groups is 1. The number of nitrogens with one attached hydrogen (secondary N) is 1. The maximum atomic E-state index is 11.3. The first-order chi connectivity index (χ1) is 17.2. The van der Waals surface area contributed by atoms with Crippen molar-refractivity contribution >= 4 is 23.5 Å². The number of carbonyl (C=O) groups excluding carboxylic acids is 1. The number of hydrogen-bond acceptors (Lipinski definition) is 2. The van der Waals surface area contributed by atoms with Gasteiger partial charge in [0.25, 0.3) is 0 Å². The van der Waals surface area contributed by atoms with Gasteiger partial charge in [0.15, 0.2) is 0 Å². The van der Waals surface area contributed by atoms with Crippen molar-refractivity contribution in [1.82, 2.24) is 4.57 Å². The van der Waals surface area contributed by atoms with Gasteiger partial charge in [-0.05, 0) is 53.6 Å². The molecular formula is C31H25N3O. The summed E-state index contributed by atoms with van der Waals surface area (Å²) in [6, 6.07) is 40.9. The highest BCUT2D eigenvalue weighted by Crippen LogP contribution is 2.35. The third-order valence-corrected chi connectivity index (χ3v) is 5.70. The van der Waals surface area contributed by atoms with Crippen molar-refractivity contribution in [1.29, 1.82) is 0 Å². The molecule has 170 valence electrons. The van der Waals surface area contributed by atoms with Crippen molar-refractivity contribution < 1.29 is 4.79 Å². The zero-order valence-electron chi connectivity index (χ0n) is 19.4. The van der Waals surface area contributed by atoms with Crippen LogP contribution in [0.1, 0.15) is 12.5 Å². The van der Waals surface area contributed by atoms with E-state index >= 15 is 0 Å². The molecule has 0 aliphatic carbocycles. The van der Waals surface area contributed by atoms with E-state index in [-0.39, 0.29) is 5.91 Å². The Morgan fingerprint density at radius 3 is 1.91 bits per heavy atom. The summed E-state index contributed by atoms with van der Waals surface area (Å²) in [5, 5.41) is 2.79. The lowest BCUT2D eigenvalue weighted by molar-refractivity contribution is -0.114. The van der Waals surface area contributed by atoms with Gasteiger partial charge in [-0.2, -0.15) is 0 Å². The SMILES string of the molecule is CC(=O)Nc1ccc(N=Cc2cc(-c3ccccc3)n(-c3ccccc3)c2-c2ccccc2)cc1. The lowest BCUT2D eigenvalue weighted by Crippen LogP contribution is -2.04. The van der Waals surface area contributed by atoms with Gasteiger partial charge in [-0.25, -0.2) is 0 Å². The van der Waals surface area contributed by atoms with Crippen LogP contribution in [0.4, 0.5) is 11.4 Å². The van der Waals surface area contributed by atoms with Crippen LogP contribution in [0, 0.1) is 0 Å². The molecule has 35 heavy (non-hydrogen) atoms. The predicted molar refractivity (Wildman–Crippen MR) is 145 cm³/mol. The molecule has 1 amide bonds. The normalized spacial score (nSPS) is 11.0. The van der Waals surface area contributed by atoms with Crippen LogP contribution in [-0.2, 0) is 4.79 Å². The Bertz CT molecular complexity index is 1450. The summed E-state index contributed by atoms with van der Waals surface area (Å²) in [6.07, 6.45) is 1.92. The summed E-state index contributed by atoms with van der Waals surface area (Å²) in [4.78, 5) is 16.1. The highest BCUT2D eigenvalue weighted by atomic mass is 16.1. The van der Waals surface area contributed by atoms with E-state index in [0.717, 1.165) is 45.1 Å². The van der Waals surface area contributed by atoms with E-state index in [2.05, 4.69) is 88.7 Å². The van der Waals surface area contributed by atoms with Gasteiger partial charge < -0.3 is 9.88 Å². The minimum atomic E-state index is -0.0931. The standard InChI is InChI=1S/C31H25N3O/c1-23(35)33-28-19-17-27(18-20-28)32-22-26-21-30(24-11-5-2-6-12-24)34(29-15-9-4-10-16-29)31(26)25-13-7-3-8-14-25/h2-22H,1H3,(H,33,35). The van der Waals surface area contributed by atoms with E-state index in [1.165, 1.54) is 6.92 Å². The van der Waals surface area contributed by atoms with E-state index < -0.39 is 0 Å². The Balaban J connectivity index is 1.66. The molecule has 5 rings (SSSR count). The molecular weight excluding hydrogens is 430 g/mol. The first-order valence-corrected chi connectivity index (χ1v) is 11.5. The first-order valence-electron chi connectivity index (χ1n) is 11.5. The van der Waals surface area contributed by atoms with Crippen LogP contribution < -0.4 is 5.32 Å². The van der Waals surface area contributed by atoms with E-state index in [9.17, 15) is 4.79 Å². The van der Waals surface area contributed by atoms with Crippen molar-refractivity contribution in [3.05, 3.63) is 127 Å². The third-order valence-electron chi connectivity index (χ3n) is 5.70. The van der Waals surface area contributed by atoms with Crippen molar-refractivity contribution in [2.75, 3.05) is 5.32 Å². The molecule has 0 aliphatic heterocycles. The van der Waals surface area contributed by atoms with Crippen LogP contribution >= 0.6 is 0 Å². The summed E-state index contributed by atoms with van der Waals surface area (Å²) >= 11 is 0. The second kappa shape index (κ2) is 10.1. The fourth-order valence-electron chi connectivity index (χ4n) is 4.16. The van der Waals surface area contributed by atoms with Crippen LogP contribution in [0.15, 0.2) is 126 Å². The van der Waals surface area contributed by atoms with Crippen molar-refractivity contribution in [2.45, 2.75) is 6.92 Å². The van der Waals surface area contributed by atoms with Crippen molar-refractivity contribution in [3.8, 4) is 28.2 Å². The number of benzene rings is 4. The largest absolute Gasteiger partial charge is 0.326 e. The molecule has 0 unspecified atom stereocenters. The quantitative estimate of drug-likeness (QED) is 0.264. The van der Waals surface area contributed by atoms with Crippen LogP contribution in [-0.4, -0.2) is 16.7 Å². The van der Waals surface area contributed by atoms with Crippen LogP contribution in [0.2, 0.25) is 0 Å². The summed E-state index contributed by atoms with van der Waals surface area (Å²) in [5.74, 6) is -0.0931. The fraction of sp³-hybridized carbons (Fsp3) is 0.0323. The maximum absolute atomic E-state index is 11.3. The molecule has 0 radical (unpaired) electrons. The number of aliphatic imine (C=N–C) groups is 1. The van der Waals surface area contributed by atoms with Gasteiger partial charge in [0.1, 0.15) is 0 Å². The lowest BCUT2D eigenvalue weighted by Gasteiger charge is -2.15. The van der Waals surface area contributed by atoms with Crippen LogP contribution in [0.25, 0.3) is 28.2 Å². The Morgan fingerprint density at radius 2 is 1.31 bits per heavy atom. The molecule has 1 aromatic heterocycles. The number of aromatic nitrogens is 1. The number of hydrogen-bond donors (Lipinski definition) is 1. The summed E-state index contributed by atoms with van der Waals surface area (Å²) < 4.78 is 2.30. The molecule has 0 aliphatic rings. The molecule has 4 heteroatoms. The molecule has 1 N–H and O–H groups in total. The van der Waals surface area contributed by atoms with Gasteiger partial charge in [-0.3, -0.25) is 9.79 Å². The van der Waals surface area contributed by atoms with Gasteiger partial charge >= 0.3 is 0 Å². The number of nitrogens with zero attached hydrogens (tertiary/aromatic N) is 2. The topological polar surface area (TPSA) is 46.4 Å². The lowest BCUT2D eigenvalue weighted by atomic mass is 10.1. The zero-order valence-corrected chi connectivity index (χ0v) is 19.4. The Kier molecular flexibility index (Phi) is 6.35. The highest BCUT2D eigenvalue weighted by molar-refractivity contribution is 5.95. The van der Waals surface area contributed by atoms with Crippen molar-refractivity contribution in [3.63, 3.8) is 0 Å². The summed E-state index contributed by atoms with van der Waals surface area (Å²) in [6.45, 7) is 1.50. The van der Waals surface area contributed by atoms with Gasteiger partial charge in [0.2, 0.25) is 5.91 Å². The molecule has 0 saturated carbocycles. The first kappa shape index (κ1) is 22.1. The molecule has 0 atom stereocenters. The highest BCUT2D eigenvalue weighted by Gasteiger charge is 2.18. The van der Waals surface area contributed by atoms with E-state index in [4.69, 9.17) is 4.99 Å². The van der Waals surface area contributed by atoms with Gasteiger partial charge in [0.05, 0.1) is 17.1 Å². The molecule has 0 saturated heterocycles. The van der Waals surface area contributed by atoms with Crippen LogP contribution in [0.3, 0.4) is 0 Å². The Labute approximate surface area is 205 Å². The zero-order chi connectivity index (χ0) is 24.0. The van der Waals surface area contributed by atoms with E-state index in [1.807, 2.05) is 48.7 Å². The minimum Gasteiger partial charge on any atom is -0.326 e. The fourth-order valence-corrected chi connectivity index (χ4v) is 4.16. The molecule has 4 nitrogen and oxygen atoms in total. The van der Waals surface area contributed by atoms with Gasteiger partial charge in [-0.15, -0.1) is 0 Å². The molecule has 4 aromatic carbocycles. The van der Waals surface area contributed by atoms with Crippen LogP contribution in [0.5, 0.6) is 0 Å². The van der Waals surface area contributed by atoms with Crippen molar-refractivity contribution in [2.24, 2.45) is 4.99 Å². The molecule has 5 aromatic rings. The van der Waals surface area contributed by atoms with E-state index in [1.54, 1.807) is 0 Å². The smallest absolute Gasteiger partial charge is 0.221 e. The maximum Gasteiger partial charge on any atom is 0.221 e. The monoisotopic (exact) mass is 455 g/mol. The molecule has 0 fully saturated rings. The van der Waals surface area contributed by atoms with Gasteiger partial charge in [0, 0.05) is 30.1 Å². The number of amides is 1. The summed E-state index contributed by atoms with van der Waals surface area (Å²) in [5.41, 5.74) is 8.09. The predicted octanol–water partition coefficient (Wildman–Crippen LogP) is 7.52. The number of rotatable bonds is 6. The number of anilines is 1. The second-order valence-corrected chi connectivity index (χ2v) is 8.22. The van der Waals surface area contributed by atoms with E-state index in [0.29, 0.717) is 0 Å². The second-order valence-electron chi connectivity index (χ2n) is 8.22. The molecule has 1 heterocycles.